The molecule has 2 aromatic rings. The Bertz CT molecular complexity index is 1010. The fourth-order valence-electron chi connectivity index (χ4n) is 5.18. The van der Waals surface area contributed by atoms with E-state index in [0.717, 1.165) is 30.5 Å². The molecule has 0 aromatic heterocycles. The van der Waals surface area contributed by atoms with Crippen LogP contribution in [0.5, 0.6) is 0 Å². The molecule has 162 valence electrons. The molecule has 2 atom stereocenters. The summed E-state index contributed by atoms with van der Waals surface area (Å²) >= 11 is 0. The Morgan fingerprint density at radius 3 is 2.35 bits per heavy atom. The number of carbonyl (C=O) groups excluding carboxylic acids is 2. The van der Waals surface area contributed by atoms with E-state index in [0.29, 0.717) is 18.4 Å². The number of hydrogen-bond acceptors (Lipinski definition) is 3. The Labute approximate surface area is 179 Å². The predicted octanol–water partition coefficient (Wildman–Crippen LogP) is 3.97. The number of fused-ring (bicyclic) bond motifs is 1. The zero-order valence-corrected chi connectivity index (χ0v) is 17.3. The molecule has 5 nitrogen and oxygen atoms in total. The highest BCUT2D eigenvalue weighted by Gasteiger charge is 2.58. The molecule has 3 aliphatic rings. The van der Waals surface area contributed by atoms with Crippen LogP contribution in [0, 0.1) is 18.6 Å². The molecule has 31 heavy (non-hydrogen) atoms. The van der Waals surface area contributed by atoms with Crippen molar-refractivity contribution in [3.63, 3.8) is 0 Å². The van der Waals surface area contributed by atoms with Crippen molar-refractivity contribution in [3.05, 3.63) is 70.8 Å². The Hall–Kier alpha value is -2.80. The second kappa shape index (κ2) is 7.41. The molecule has 2 amide bonds. The second-order valence-electron chi connectivity index (χ2n) is 8.68. The SMILES string of the molecule is Cc1cc(F)c(C(=O)N2CCC3(CC2)O[C@@H]2CC[C@@H](c4ccccc4)N2C3=O)c(F)c1. The van der Waals surface area contributed by atoms with E-state index < -0.39 is 28.7 Å². The third-order valence-electron chi connectivity index (χ3n) is 6.76. The topological polar surface area (TPSA) is 49.9 Å². The van der Waals surface area contributed by atoms with Gasteiger partial charge < -0.3 is 14.5 Å². The lowest BCUT2D eigenvalue weighted by atomic mass is 9.89. The first-order valence-electron chi connectivity index (χ1n) is 10.7. The number of hydrogen-bond donors (Lipinski definition) is 0. The molecule has 0 unspecified atom stereocenters. The second-order valence-corrected chi connectivity index (χ2v) is 8.68. The van der Waals surface area contributed by atoms with Crippen molar-refractivity contribution in [2.45, 2.75) is 50.5 Å². The minimum atomic E-state index is -0.959. The van der Waals surface area contributed by atoms with Gasteiger partial charge in [-0.3, -0.25) is 9.59 Å². The van der Waals surface area contributed by atoms with Gasteiger partial charge in [0.15, 0.2) is 5.60 Å². The van der Waals surface area contributed by atoms with Crippen molar-refractivity contribution < 1.29 is 23.1 Å². The first-order valence-corrected chi connectivity index (χ1v) is 10.7. The summed E-state index contributed by atoms with van der Waals surface area (Å²) in [6.07, 6.45) is 2.01. The molecule has 0 radical (unpaired) electrons. The number of aryl methyl sites for hydroxylation is 1. The number of ether oxygens (including phenoxy) is 1. The summed E-state index contributed by atoms with van der Waals surface area (Å²) in [7, 11) is 0. The number of piperidine rings is 1. The van der Waals surface area contributed by atoms with Gasteiger partial charge in [0.1, 0.15) is 23.4 Å². The third-order valence-corrected chi connectivity index (χ3v) is 6.76. The molecule has 0 aliphatic carbocycles. The highest BCUT2D eigenvalue weighted by molar-refractivity contribution is 5.95. The molecule has 7 heteroatoms. The van der Waals surface area contributed by atoms with Gasteiger partial charge in [0.05, 0.1) is 6.04 Å². The molecule has 5 rings (SSSR count). The highest BCUT2D eigenvalue weighted by atomic mass is 19.1. The van der Waals surface area contributed by atoms with Crippen LogP contribution in [0.2, 0.25) is 0 Å². The van der Waals surface area contributed by atoms with Crippen LogP contribution >= 0.6 is 0 Å². The smallest absolute Gasteiger partial charge is 0.259 e. The summed E-state index contributed by atoms with van der Waals surface area (Å²) < 4.78 is 34.8. The molecule has 0 N–H and O–H groups in total. The van der Waals surface area contributed by atoms with Crippen molar-refractivity contribution in [2.24, 2.45) is 0 Å². The van der Waals surface area contributed by atoms with Gasteiger partial charge in [-0.05, 0) is 43.0 Å². The zero-order chi connectivity index (χ0) is 21.8. The molecule has 3 aliphatic heterocycles. The number of likely N-dealkylation sites (tertiary alicyclic amines) is 1. The maximum atomic E-state index is 14.3. The monoisotopic (exact) mass is 426 g/mol. The maximum absolute atomic E-state index is 14.3. The minimum absolute atomic E-state index is 0.00603. The van der Waals surface area contributed by atoms with Crippen LogP contribution in [-0.2, 0) is 9.53 Å². The number of halogens is 2. The largest absolute Gasteiger partial charge is 0.342 e. The van der Waals surface area contributed by atoms with Crippen LogP contribution in [0.15, 0.2) is 42.5 Å². The van der Waals surface area contributed by atoms with Crippen LogP contribution in [0.25, 0.3) is 0 Å². The van der Waals surface area contributed by atoms with Crippen LogP contribution in [0.1, 0.15) is 53.2 Å². The summed E-state index contributed by atoms with van der Waals surface area (Å²) in [6.45, 7) is 2.00. The Morgan fingerprint density at radius 1 is 1.06 bits per heavy atom. The lowest BCUT2D eigenvalue weighted by Crippen LogP contribution is -2.51. The van der Waals surface area contributed by atoms with Gasteiger partial charge in [-0.25, -0.2) is 8.78 Å². The molecule has 3 fully saturated rings. The van der Waals surface area contributed by atoms with E-state index in [-0.39, 0.29) is 31.3 Å². The molecule has 0 bridgehead atoms. The van der Waals surface area contributed by atoms with E-state index in [1.807, 2.05) is 35.2 Å². The fraction of sp³-hybridized carbons (Fsp3) is 0.417. The number of nitrogens with zero attached hydrogens (tertiary/aromatic N) is 2. The van der Waals surface area contributed by atoms with Gasteiger partial charge in [0, 0.05) is 25.9 Å². The quantitative estimate of drug-likeness (QED) is 0.730. The summed E-state index contributed by atoms with van der Waals surface area (Å²) in [5.41, 5.74) is 0.0174. The van der Waals surface area contributed by atoms with E-state index in [9.17, 15) is 18.4 Å². The maximum Gasteiger partial charge on any atom is 0.259 e. The number of amides is 2. The van der Waals surface area contributed by atoms with E-state index >= 15 is 0 Å². The van der Waals surface area contributed by atoms with Gasteiger partial charge in [0.25, 0.3) is 11.8 Å². The summed E-state index contributed by atoms with van der Waals surface area (Å²) in [4.78, 5) is 29.5. The zero-order valence-electron chi connectivity index (χ0n) is 17.3. The van der Waals surface area contributed by atoms with Gasteiger partial charge in [0.2, 0.25) is 0 Å². The predicted molar refractivity (Wildman–Crippen MR) is 109 cm³/mol. The van der Waals surface area contributed by atoms with Gasteiger partial charge in [-0.15, -0.1) is 0 Å². The van der Waals surface area contributed by atoms with Gasteiger partial charge in [-0.1, -0.05) is 30.3 Å². The Kier molecular flexibility index (Phi) is 4.81. The number of benzene rings is 2. The van der Waals surface area contributed by atoms with E-state index in [2.05, 4.69) is 0 Å². The van der Waals surface area contributed by atoms with Crippen molar-refractivity contribution in [3.8, 4) is 0 Å². The first kappa shape index (κ1) is 20.1. The molecule has 3 heterocycles. The summed E-state index contributed by atoms with van der Waals surface area (Å²) in [5, 5.41) is 0. The molecular weight excluding hydrogens is 402 g/mol. The molecule has 1 spiro atoms. The van der Waals surface area contributed by atoms with Gasteiger partial charge >= 0.3 is 0 Å². The highest BCUT2D eigenvalue weighted by Crippen LogP contribution is 2.47. The fourth-order valence-corrected chi connectivity index (χ4v) is 5.18. The molecule has 3 saturated heterocycles. The van der Waals surface area contributed by atoms with Gasteiger partial charge in [-0.2, -0.15) is 0 Å². The lowest BCUT2D eigenvalue weighted by molar-refractivity contribution is -0.142. The lowest BCUT2D eigenvalue weighted by Gasteiger charge is -2.37. The minimum Gasteiger partial charge on any atom is -0.342 e. The van der Waals surface area contributed by atoms with Crippen molar-refractivity contribution >= 4 is 11.8 Å². The Balaban J connectivity index is 1.32. The van der Waals surface area contributed by atoms with Crippen LogP contribution < -0.4 is 0 Å². The van der Waals surface area contributed by atoms with Crippen LogP contribution in [0.4, 0.5) is 8.78 Å². The van der Waals surface area contributed by atoms with Crippen LogP contribution in [-0.4, -0.2) is 46.5 Å². The van der Waals surface area contributed by atoms with Crippen molar-refractivity contribution in [2.75, 3.05) is 13.1 Å². The normalized spacial score (nSPS) is 24.7. The average molecular weight is 426 g/mol. The summed E-state index contributed by atoms with van der Waals surface area (Å²) in [6, 6.07) is 12.2. The molecular formula is C24H24F2N2O3. The van der Waals surface area contributed by atoms with E-state index in [4.69, 9.17) is 4.74 Å². The standard InChI is InChI=1S/C24H24F2N2O3/c1-15-13-17(25)21(18(26)14-15)22(29)27-11-9-24(10-12-27)23(30)28-19(7-8-20(28)31-24)16-5-3-2-4-6-16/h2-6,13-14,19-20H,7-12H2,1H3/t19-,20+/m0/s1. The third kappa shape index (κ3) is 3.22. The molecule has 2 aromatic carbocycles. The average Bonchev–Trinajstić information content (AvgIpc) is 3.27. The van der Waals surface area contributed by atoms with E-state index in [1.165, 1.54) is 4.90 Å². The molecule has 0 saturated carbocycles. The summed E-state index contributed by atoms with van der Waals surface area (Å²) in [5.74, 6) is -2.44. The number of rotatable bonds is 2. The van der Waals surface area contributed by atoms with Crippen molar-refractivity contribution in [1.82, 2.24) is 9.80 Å². The first-order chi connectivity index (χ1) is 14.9. The van der Waals surface area contributed by atoms with Crippen LogP contribution in [0.3, 0.4) is 0 Å². The Morgan fingerprint density at radius 2 is 1.71 bits per heavy atom. The van der Waals surface area contributed by atoms with E-state index in [1.54, 1.807) is 6.92 Å². The number of carbonyl (C=O) groups is 2. The van der Waals surface area contributed by atoms with Crippen molar-refractivity contribution in [1.29, 1.82) is 0 Å².